The minimum absolute atomic E-state index is 0.0179. The first-order chi connectivity index (χ1) is 23.8. The van der Waals surface area contributed by atoms with E-state index in [0.29, 0.717) is 0 Å². The van der Waals surface area contributed by atoms with E-state index in [2.05, 4.69) is 184 Å². The van der Waals surface area contributed by atoms with Crippen molar-refractivity contribution in [2.24, 2.45) is 5.41 Å². The van der Waals surface area contributed by atoms with Crippen LogP contribution in [0.15, 0.2) is 152 Å². The van der Waals surface area contributed by atoms with Crippen molar-refractivity contribution in [2.45, 2.75) is 69.7 Å². The molecule has 0 bridgehead atoms. The molecule has 2 aliphatic carbocycles. The number of para-hydroxylation sites is 1. The lowest BCUT2D eigenvalue weighted by molar-refractivity contribution is 0.0608. The Kier molecular flexibility index (Phi) is 6.66. The average Bonchev–Trinajstić information content (AvgIpc) is 3.57. The molecule has 0 N–H and O–H groups in total. The van der Waals surface area contributed by atoms with Gasteiger partial charge >= 0.3 is 0 Å². The van der Waals surface area contributed by atoms with Crippen molar-refractivity contribution < 1.29 is 0 Å². The quantitative estimate of drug-likeness (QED) is 0.186. The van der Waals surface area contributed by atoms with E-state index < -0.39 is 5.41 Å². The first-order valence-electron chi connectivity index (χ1n) is 18.2. The van der Waals surface area contributed by atoms with E-state index >= 15 is 0 Å². The minimum atomic E-state index is -0.401. The molecular weight excluding hydrogens is 591 g/mol. The van der Waals surface area contributed by atoms with E-state index in [0.717, 1.165) is 0 Å². The summed E-state index contributed by atoms with van der Waals surface area (Å²) >= 11 is 0. The Labute approximate surface area is 292 Å². The molecule has 49 heavy (non-hydrogen) atoms. The molecule has 3 aliphatic rings. The molecule has 2 unspecified atom stereocenters. The Balaban J connectivity index is 1.28. The van der Waals surface area contributed by atoms with Crippen LogP contribution in [0, 0.1) is 5.41 Å². The van der Waals surface area contributed by atoms with Gasteiger partial charge in [0.1, 0.15) is 0 Å². The molecule has 1 fully saturated rings. The predicted molar refractivity (Wildman–Crippen MR) is 206 cm³/mol. The zero-order chi connectivity index (χ0) is 33.4. The van der Waals surface area contributed by atoms with Crippen LogP contribution >= 0.6 is 0 Å². The fraction of sp³-hybridized carbons (Fsp3) is 0.250. The Morgan fingerprint density at radius 1 is 0.510 bits per heavy atom. The van der Waals surface area contributed by atoms with Crippen LogP contribution in [0.1, 0.15) is 81.2 Å². The molecule has 9 rings (SSSR count). The van der Waals surface area contributed by atoms with Crippen molar-refractivity contribution in [1.29, 1.82) is 0 Å². The molecule has 1 heteroatoms. The smallest absolute Gasteiger partial charge is 0.0713 e. The third kappa shape index (κ3) is 3.99. The second-order valence-electron chi connectivity index (χ2n) is 15.8. The highest BCUT2D eigenvalue weighted by Gasteiger charge is 2.65. The van der Waals surface area contributed by atoms with Crippen LogP contribution in [0.3, 0.4) is 0 Å². The zero-order valence-corrected chi connectivity index (χ0v) is 29.2. The summed E-state index contributed by atoms with van der Waals surface area (Å²) in [5.74, 6) is 0. The highest BCUT2D eigenvalue weighted by Crippen LogP contribution is 2.67. The van der Waals surface area contributed by atoms with E-state index in [4.69, 9.17) is 0 Å². The van der Waals surface area contributed by atoms with Gasteiger partial charge in [0, 0.05) is 16.8 Å². The molecule has 0 radical (unpaired) electrons. The molecule has 0 aromatic heterocycles. The van der Waals surface area contributed by atoms with Gasteiger partial charge in [0.05, 0.1) is 11.0 Å². The van der Waals surface area contributed by atoms with Crippen LogP contribution in [0.25, 0.3) is 22.3 Å². The monoisotopic (exact) mass is 635 g/mol. The summed E-state index contributed by atoms with van der Waals surface area (Å²) in [4.78, 5) is 2.75. The first-order valence-corrected chi connectivity index (χ1v) is 18.2. The highest BCUT2D eigenvalue weighted by atomic mass is 15.3. The van der Waals surface area contributed by atoms with Gasteiger partial charge in [-0.15, -0.1) is 0 Å². The van der Waals surface area contributed by atoms with Crippen molar-refractivity contribution in [3.05, 3.63) is 179 Å². The topological polar surface area (TPSA) is 3.24 Å². The molecule has 2 atom stereocenters. The summed E-state index contributed by atoms with van der Waals surface area (Å²) in [6.07, 6.45) is 4.94. The average molecular weight is 636 g/mol. The molecule has 6 aromatic rings. The van der Waals surface area contributed by atoms with E-state index in [1.54, 1.807) is 0 Å². The molecule has 1 aliphatic heterocycles. The van der Waals surface area contributed by atoms with Crippen molar-refractivity contribution in [2.75, 3.05) is 4.90 Å². The van der Waals surface area contributed by atoms with Crippen LogP contribution in [-0.2, 0) is 10.8 Å². The first kappa shape index (κ1) is 30.2. The Hall–Kier alpha value is -4.88. The third-order valence-electron chi connectivity index (χ3n) is 12.6. The number of benzene rings is 6. The second kappa shape index (κ2) is 10.8. The fourth-order valence-corrected chi connectivity index (χ4v) is 10.7. The second-order valence-corrected chi connectivity index (χ2v) is 15.8. The standard InChI is InChI=1S/C48H45N/c1-45(2,3)47-31-17-16-30-46(47,4)43-33-35(27-29-44(43)49(47)38-22-12-7-13-23-38)34-26-28-40-39-24-14-15-25-41(39)48(42(40)32-34,36-18-8-5-9-19-36)37-20-10-6-11-21-37/h5-15,18-29,32-33H,16-17,30-31H2,1-4H3. The summed E-state index contributed by atoms with van der Waals surface area (Å²) in [5, 5.41) is 0. The van der Waals surface area contributed by atoms with Gasteiger partial charge in [-0.1, -0.05) is 162 Å². The normalized spacial score (nSPS) is 21.8. The summed E-state index contributed by atoms with van der Waals surface area (Å²) in [5.41, 5.74) is 14.4. The lowest BCUT2D eigenvalue weighted by Gasteiger charge is -2.59. The van der Waals surface area contributed by atoms with Crippen molar-refractivity contribution in [1.82, 2.24) is 0 Å². The molecular formula is C48H45N. The van der Waals surface area contributed by atoms with Crippen molar-refractivity contribution in [3.63, 3.8) is 0 Å². The van der Waals surface area contributed by atoms with Crippen molar-refractivity contribution >= 4 is 11.4 Å². The summed E-state index contributed by atoms with van der Waals surface area (Å²) in [6, 6.07) is 57.2. The summed E-state index contributed by atoms with van der Waals surface area (Å²) in [6.45, 7) is 10.0. The Morgan fingerprint density at radius 2 is 1.04 bits per heavy atom. The number of rotatable bonds is 4. The minimum Gasteiger partial charge on any atom is -0.334 e. The van der Waals surface area contributed by atoms with Crippen LogP contribution in [0.2, 0.25) is 0 Å². The Morgan fingerprint density at radius 3 is 1.69 bits per heavy atom. The third-order valence-corrected chi connectivity index (χ3v) is 12.6. The highest BCUT2D eigenvalue weighted by molar-refractivity contribution is 5.89. The van der Waals surface area contributed by atoms with E-state index in [9.17, 15) is 0 Å². The zero-order valence-electron chi connectivity index (χ0n) is 29.2. The number of anilines is 2. The number of fused-ring (bicyclic) bond motifs is 6. The lowest BCUT2D eigenvalue weighted by atomic mass is 9.52. The van der Waals surface area contributed by atoms with Gasteiger partial charge in [-0.05, 0) is 98.7 Å². The molecule has 1 nitrogen and oxygen atoms in total. The van der Waals surface area contributed by atoms with E-state index in [-0.39, 0.29) is 16.4 Å². The van der Waals surface area contributed by atoms with Crippen LogP contribution in [0.4, 0.5) is 11.4 Å². The van der Waals surface area contributed by atoms with Gasteiger partial charge in [-0.2, -0.15) is 0 Å². The molecule has 6 aromatic carbocycles. The maximum Gasteiger partial charge on any atom is 0.0713 e. The number of nitrogens with zero attached hydrogens (tertiary/aromatic N) is 1. The van der Waals surface area contributed by atoms with E-state index in [1.165, 1.54) is 87.1 Å². The Bertz CT molecular complexity index is 2140. The molecule has 242 valence electrons. The van der Waals surface area contributed by atoms with Crippen LogP contribution in [-0.4, -0.2) is 5.54 Å². The molecule has 1 heterocycles. The van der Waals surface area contributed by atoms with E-state index in [1.807, 2.05) is 0 Å². The van der Waals surface area contributed by atoms with Crippen molar-refractivity contribution in [3.8, 4) is 22.3 Å². The molecule has 0 saturated heterocycles. The van der Waals surface area contributed by atoms with Crippen LogP contribution < -0.4 is 4.90 Å². The largest absolute Gasteiger partial charge is 0.334 e. The summed E-state index contributed by atoms with van der Waals surface area (Å²) in [7, 11) is 0. The maximum atomic E-state index is 2.75. The SMILES string of the molecule is CC(C)(C)C12CCCCC1(C)c1cc(-c3ccc4c(c3)C(c3ccccc3)(c3ccccc3)c3ccccc3-4)ccc1N2c1ccccc1. The van der Waals surface area contributed by atoms with Crippen LogP contribution in [0.5, 0.6) is 0 Å². The maximum absolute atomic E-state index is 2.75. The molecule has 1 saturated carbocycles. The van der Waals surface area contributed by atoms with Gasteiger partial charge in [0.25, 0.3) is 0 Å². The van der Waals surface area contributed by atoms with Gasteiger partial charge in [0.15, 0.2) is 0 Å². The number of hydrogen-bond acceptors (Lipinski definition) is 1. The lowest BCUT2D eigenvalue weighted by Crippen LogP contribution is -2.64. The molecule has 0 amide bonds. The summed E-state index contributed by atoms with van der Waals surface area (Å²) < 4.78 is 0. The van der Waals surface area contributed by atoms with Gasteiger partial charge in [-0.3, -0.25) is 0 Å². The number of hydrogen-bond donors (Lipinski definition) is 0. The van der Waals surface area contributed by atoms with Gasteiger partial charge in [0.2, 0.25) is 0 Å². The van der Waals surface area contributed by atoms with Gasteiger partial charge < -0.3 is 4.90 Å². The van der Waals surface area contributed by atoms with Gasteiger partial charge in [-0.25, -0.2) is 0 Å². The predicted octanol–water partition coefficient (Wildman–Crippen LogP) is 12.5. The fourth-order valence-electron chi connectivity index (χ4n) is 10.7. The molecule has 0 spiro atoms.